The van der Waals surface area contributed by atoms with E-state index < -0.39 is 10.0 Å². The van der Waals surface area contributed by atoms with E-state index in [0.717, 1.165) is 12.8 Å². The van der Waals surface area contributed by atoms with E-state index in [4.69, 9.17) is 5.73 Å². The lowest BCUT2D eigenvalue weighted by Gasteiger charge is -2.14. The summed E-state index contributed by atoms with van der Waals surface area (Å²) in [5.74, 6) is 0.685. The van der Waals surface area contributed by atoms with E-state index in [1.54, 1.807) is 18.2 Å². The molecule has 0 amide bonds. The largest absolute Gasteiger partial charge is 0.362 e. The topological polar surface area (TPSA) is 101 Å². The van der Waals surface area contributed by atoms with Crippen molar-refractivity contribution in [3.8, 4) is 0 Å². The fraction of sp³-hybridized carbons (Fsp3) is 0.429. The predicted molar refractivity (Wildman–Crippen MR) is 87.3 cm³/mol. The van der Waals surface area contributed by atoms with Gasteiger partial charge in [-0.1, -0.05) is 0 Å². The van der Waals surface area contributed by atoms with Crippen LogP contribution in [0.5, 0.6) is 0 Å². The summed E-state index contributed by atoms with van der Waals surface area (Å²) < 4.78 is 27.2. The zero-order valence-corrected chi connectivity index (χ0v) is 13.6. The van der Waals surface area contributed by atoms with Gasteiger partial charge in [-0.2, -0.15) is 0 Å². The maximum Gasteiger partial charge on any atom is 0.240 e. The van der Waals surface area contributed by atoms with Crippen LogP contribution in [0.25, 0.3) is 10.9 Å². The highest BCUT2D eigenvalue weighted by Crippen LogP contribution is 2.24. The molecule has 0 spiro atoms. The van der Waals surface area contributed by atoms with Gasteiger partial charge < -0.3 is 10.6 Å². The molecule has 120 valence electrons. The molecular weight excluding hydrogens is 302 g/mol. The molecule has 1 aromatic carbocycles. The fourth-order valence-corrected chi connectivity index (χ4v) is 3.20. The molecule has 3 N–H and O–H groups in total. The second-order valence-electron chi connectivity index (χ2n) is 5.16. The van der Waals surface area contributed by atoms with Gasteiger partial charge in [0, 0.05) is 26.0 Å². The number of benzene rings is 1. The summed E-state index contributed by atoms with van der Waals surface area (Å²) in [7, 11) is 0.171. The Hall–Kier alpha value is -1.77. The SMILES string of the molecule is CN(C)c1ncnc2ccc(S(=O)(=O)NCCCCN)cc12. The molecule has 2 aromatic rings. The van der Waals surface area contributed by atoms with E-state index in [2.05, 4.69) is 14.7 Å². The summed E-state index contributed by atoms with van der Waals surface area (Å²) in [4.78, 5) is 10.4. The molecule has 0 atom stereocenters. The van der Waals surface area contributed by atoms with Gasteiger partial charge in [-0.15, -0.1) is 0 Å². The van der Waals surface area contributed by atoms with Crippen molar-refractivity contribution < 1.29 is 8.42 Å². The first-order valence-electron chi connectivity index (χ1n) is 7.07. The molecule has 0 aliphatic carbocycles. The molecule has 2 rings (SSSR count). The van der Waals surface area contributed by atoms with Crippen molar-refractivity contribution in [3.63, 3.8) is 0 Å². The molecule has 0 unspecified atom stereocenters. The summed E-state index contributed by atoms with van der Waals surface area (Å²) in [6, 6.07) is 4.86. The van der Waals surface area contributed by atoms with Crippen molar-refractivity contribution in [2.45, 2.75) is 17.7 Å². The van der Waals surface area contributed by atoms with Crippen LogP contribution < -0.4 is 15.4 Å². The molecule has 7 nitrogen and oxygen atoms in total. The van der Waals surface area contributed by atoms with Crippen LogP contribution in [0, 0.1) is 0 Å². The maximum atomic E-state index is 12.3. The van der Waals surface area contributed by atoms with Gasteiger partial charge in [0.25, 0.3) is 0 Å². The first-order chi connectivity index (χ1) is 10.5. The lowest BCUT2D eigenvalue weighted by molar-refractivity contribution is 0.577. The number of aromatic nitrogens is 2. The van der Waals surface area contributed by atoms with Crippen molar-refractivity contribution in [2.24, 2.45) is 5.73 Å². The van der Waals surface area contributed by atoms with E-state index in [-0.39, 0.29) is 4.90 Å². The second-order valence-corrected chi connectivity index (χ2v) is 6.93. The Labute approximate surface area is 130 Å². The number of unbranched alkanes of at least 4 members (excludes halogenated alkanes) is 1. The molecule has 0 aliphatic rings. The molecule has 1 heterocycles. The van der Waals surface area contributed by atoms with E-state index in [1.807, 2.05) is 19.0 Å². The molecule has 0 fully saturated rings. The number of rotatable bonds is 7. The standard InChI is InChI=1S/C14H21N5O2S/c1-19(2)14-12-9-11(5-6-13(12)16-10-17-14)22(20,21)18-8-4-3-7-15/h5-6,9-10,18H,3-4,7-8,15H2,1-2H3. The number of sulfonamides is 1. The van der Waals surface area contributed by atoms with Crippen molar-refractivity contribution >= 4 is 26.7 Å². The summed E-state index contributed by atoms with van der Waals surface area (Å²) in [5.41, 5.74) is 6.11. The summed E-state index contributed by atoms with van der Waals surface area (Å²) in [6.07, 6.45) is 2.98. The van der Waals surface area contributed by atoms with Crippen LogP contribution in [-0.4, -0.2) is 45.6 Å². The first-order valence-corrected chi connectivity index (χ1v) is 8.56. The quantitative estimate of drug-likeness (QED) is 0.728. The van der Waals surface area contributed by atoms with Crippen LogP contribution >= 0.6 is 0 Å². The van der Waals surface area contributed by atoms with Gasteiger partial charge >= 0.3 is 0 Å². The fourth-order valence-electron chi connectivity index (χ4n) is 2.10. The Morgan fingerprint density at radius 2 is 2.00 bits per heavy atom. The lowest BCUT2D eigenvalue weighted by atomic mass is 10.2. The van der Waals surface area contributed by atoms with Crippen LogP contribution in [0.3, 0.4) is 0 Å². The Bertz CT molecular complexity index is 746. The average molecular weight is 323 g/mol. The molecule has 0 saturated carbocycles. The molecule has 0 bridgehead atoms. The predicted octanol–water partition coefficient (Wildman–Crippen LogP) is 0.713. The van der Waals surface area contributed by atoms with Gasteiger partial charge in [0.15, 0.2) is 0 Å². The first kappa shape index (κ1) is 16.6. The van der Waals surface area contributed by atoms with Crippen LogP contribution in [0.2, 0.25) is 0 Å². The van der Waals surface area contributed by atoms with Crippen LogP contribution in [0.4, 0.5) is 5.82 Å². The number of anilines is 1. The smallest absolute Gasteiger partial charge is 0.240 e. The Balaban J connectivity index is 2.34. The minimum atomic E-state index is -3.54. The molecule has 22 heavy (non-hydrogen) atoms. The number of fused-ring (bicyclic) bond motifs is 1. The number of nitrogens with one attached hydrogen (secondary N) is 1. The van der Waals surface area contributed by atoms with E-state index in [0.29, 0.717) is 29.8 Å². The van der Waals surface area contributed by atoms with Gasteiger partial charge in [0.1, 0.15) is 12.1 Å². The zero-order valence-electron chi connectivity index (χ0n) is 12.8. The monoisotopic (exact) mass is 323 g/mol. The van der Waals surface area contributed by atoms with Crippen LogP contribution in [0.1, 0.15) is 12.8 Å². The lowest BCUT2D eigenvalue weighted by Crippen LogP contribution is -2.25. The third kappa shape index (κ3) is 3.70. The summed E-state index contributed by atoms with van der Waals surface area (Å²) in [5, 5.41) is 0.706. The molecule has 8 heteroatoms. The van der Waals surface area contributed by atoms with Crippen molar-refractivity contribution in [2.75, 3.05) is 32.1 Å². The maximum absolute atomic E-state index is 12.3. The van der Waals surface area contributed by atoms with Gasteiger partial charge in [-0.05, 0) is 37.6 Å². The molecule has 0 aliphatic heterocycles. The minimum Gasteiger partial charge on any atom is -0.362 e. The average Bonchev–Trinajstić information content (AvgIpc) is 2.50. The van der Waals surface area contributed by atoms with Crippen molar-refractivity contribution in [1.82, 2.24) is 14.7 Å². The molecular formula is C14H21N5O2S. The van der Waals surface area contributed by atoms with E-state index in [9.17, 15) is 8.42 Å². The second kappa shape index (κ2) is 6.99. The van der Waals surface area contributed by atoms with Gasteiger partial charge in [0.2, 0.25) is 10.0 Å². The molecule has 0 saturated heterocycles. The Kier molecular flexibility index (Phi) is 5.28. The number of hydrogen-bond acceptors (Lipinski definition) is 6. The highest BCUT2D eigenvalue weighted by Gasteiger charge is 2.15. The molecule has 0 radical (unpaired) electrons. The van der Waals surface area contributed by atoms with Gasteiger partial charge in [-0.3, -0.25) is 0 Å². The summed E-state index contributed by atoms with van der Waals surface area (Å²) >= 11 is 0. The van der Waals surface area contributed by atoms with Crippen molar-refractivity contribution in [3.05, 3.63) is 24.5 Å². The number of hydrogen-bond donors (Lipinski definition) is 2. The highest BCUT2D eigenvalue weighted by molar-refractivity contribution is 7.89. The zero-order chi connectivity index (χ0) is 16.2. The number of nitrogens with zero attached hydrogens (tertiary/aromatic N) is 3. The third-order valence-electron chi connectivity index (χ3n) is 3.24. The Morgan fingerprint density at radius 3 is 2.68 bits per heavy atom. The van der Waals surface area contributed by atoms with E-state index >= 15 is 0 Å². The normalized spacial score (nSPS) is 11.8. The molecule has 1 aromatic heterocycles. The minimum absolute atomic E-state index is 0.214. The van der Waals surface area contributed by atoms with Gasteiger partial charge in [-0.25, -0.2) is 23.1 Å². The van der Waals surface area contributed by atoms with Crippen molar-refractivity contribution in [1.29, 1.82) is 0 Å². The Morgan fingerprint density at radius 1 is 1.23 bits per heavy atom. The van der Waals surface area contributed by atoms with E-state index in [1.165, 1.54) is 6.33 Å². The van der Waals surface area contributed by atoms with Crippen LogP contribution in [0.15, 0.2) is 29.4 Å². The number of nitrogens with two attached hydrogens (primary N) is 1. The highest BCUT2D eigenvalue weighted by atomic mass is 32.2. The summed E-state index contributed by atoms with van der Waals surface area (Å²) in [6.45, 7) is 0.935. The third-order valence-corrected chi connectivity index (χ3v) is 4.70. The van der Waals surface area contributed by atoms with Crippen LogP contribution in [-0.2, 0) is 10.0 Å². The van der Waals surface area contributed by atoms with Gasteiger partial charge in [0.05, 0.1) is 10.4 Å².